The maximum Gasteiger partial charge on any atom is 0.125 e. The van der Waals surface area contributed by atoms with Crippen LogP contribution in [0.2, 0.25) is 5.02 Å². The fourth-order valence-corrected chi connectivity index (χ4v) is 2.62. The number of nitrogens with zero attached hydrogens (tertiary/aromatic N) is 1. The van der Waals surface area contributed by atoms with Crippen LogP contribution >= 0.6 is 11.6 Å². The highest BCUT2D eigenvalue weighted by Crippen LogP contribution is 2.25. The molecule has 0 saturated carbocycles. The molecule has 108 valence electrons. The van der Waals surface area contributed by atoms with Crippen LogP contribution in [0.25, 0.3) is 10.9 Å². The highest BCUT2D eigenvalue weighted by atomic mass is 35.5. The van der Waals surface area contributed by atoms with E-state index in [1.807, 2.05) is 29.8 Å². The Balaban J connectivity index is 1.90. The van der Waals surface area contributed by atoms with Crippen LogP contribution < -0.4 is 4.74 Å². The molecule has 2 nitrogen and oxygen atoms in total. The first-order chi connectivity index (χ1) is 10.2. The Bertz CT molecular complexity index is 782. The minimum Gasteiger partial charge on any atom is -0.489 e. The van der Waals surface area contributed by atoms with E-state index in [0.717, 1.165) is 28.8 Å². The summed E-state index contributed by atoms with van der Waals surface area (Å²) in [7, 11) is 0. The summed E-state index contributed by atoms with van der Waals surface area (Å²) >= 11 is 5.94. The van der Waals surface area contributed by atoms with Crippen LogP contribution in [0.5, 0.6) is 5.75 Å². The Morgan fingerprint density at radius 1 is 1.19 bits per heavy atom. The molecule has 0 spiro atoms. The SMILES string of the molecule is CCn1cc(COc2cccc(Cl)c2)c2ccc(F)cc21. The van der Waals surface area contributed by atoms with Crippen LogP contribution in [0, 0.1) is 5.82 Å². The van der Waals surface area contributed by atoms with Gasteiger partial charge in [-0.25, -0.2) is 4.39 Å². The van der Waals surface area contributed by atoms with Crippen molar-refractivity contribution in [3.05, 3.63) is 65.1 Å². The van der Waals surface area contributed by atoms with Gasteiger partial charge in [0.15, 0.2) is 0 Å². The molecule has 3 rings (SSSR count). The van der Waals surface area contributed by atoms with E-state index in [1.165, 1.54) is 6.07 Å². The molecule has 0 N–H and O–H groups in total. The number of rotatable bonds is 4. The molecule has 21 heavy (non-hydrogen) atoms. The van der Waals surface area contributed by atoms with Crippen LogP contribution in [0.15, 0.2) is 48.7 Å². The Morgan fingerprint density at radius 3 is 2.81 bits per heavy atom. The molecule has 2 aromatic carbocycles. The van der Waals surface area contributed by atoms with Crippen molar-refractivity contribution in [2.24, 2.45) is 0 Å². The average molecular weight is 304 g/mol. The number of aromatic nitrogens is 1. The van der Waals surface area contributed by atoms with Gasteiger partial charge >= 0.3 is 0 Å². The van der Waals surface area contributed by atoms with Gasteiger partial charge in [0.1, 0.15) is 18.2 Å². The lowest BCUT2D eigenvalue weighted by molar-refractivity contribution is 0.307. The summed E-state index contributed by atoms with van der Waals surface area (Å²) in [6, 6.07) is 12.1. The number of hydrogen-bond donors (Lipinski definition) is 0. The van der Waals surface area contributed by atoms with Crippen LogP contribution in [-0.2, 0) is 13.2 Å². The summed E-state index contributed by atoms with van der Waals surface area (Å²) in [6.45, 7) is 3.25. The molecule has 0 fully saturated rings. The van der Waals surface area contributed by atoms with Gasteiger partial charge in [-0.2, -0.15) is 0 Å². The predicted octanol–water partition coefficient (Wildman–Crippen LogP) is 5.03. The van der Waals surface area contributed by atoms with Crippen molar-refractivity contribution in [3.63, 3.8) is 0 Å². The largest absolute Gasteiger partial charge is 0.489 e. The van der Waals surface area contributed by atoms with Crippen molar-refractivity contribution in [2.75, 3.05) is 0 Å². The third kappa shape index (κ3) is 2.88. The smallest absolute Gasteiger partial charge is 0.125 e. The van der Waals surface area contributed by atoms with Crippen molar-refractivity contribution in [2.45, 2.75) is 20.1 Å². The van der Waals surface area contributed by atoms with Gasteiger partial charge < -0.3 is 9.30 Å². The molecule has 0 aliphatic heterocycles. The zero-order valence-electron chi connectivity index (χ0n) is 11.6. The molecule has 0 radical (unpaired) electrons. The summed E-state index contributed by atoms with van der Waals surface area (Å²) in [5.41, 5.74) is 1.93. The van der Waals surface area contributed by atoms with Crippen LogP contribution in [0.3, 0.4) is 0 Å². The van der Waals surface area contributed by atoms with E-state index < -0.39 is 0 Å². The molecule has 0 bridgehead atoms. The molecule has 0 aliphatic carbocycles. The topological polar surface area (TPSA) is 14.2 Å². The second kappa shape index (κ2) is 5.78. The molecular formula is C17H15ClFNO. The third-order valence-corrected chi connectivity index (χ3v) is 3.69. The number of aryl methyl sites for hydroxylation is 1. The van der Waals surface area contributed by atoms with Gasteiger partial charge in [-0.05, 0) is 43.3 Å². The molecule has 0 aliphatic rings. The Morgan fingerprint density at radius 2 is 2.05 bits per heavy atom. The zero-order chi connectivity index (χ0) is 14.8. The second-order valence-electron chi connectivity index (χ2n) is 4.85. The van der Waals surface area contributed by atoms with Gasteiger partial charge in [-0.15, -0.1) is 0 Å². The first kappa shape index (κ1) is 14.0. The summed E-state index contributed by atoms with van der Waals surface area (Å²) in [5.74, 6) is 0.500. The summed E-state index contributed by atoms with van der Waals surface area (Å²) in [4.78, 5) is 0. The number of halogens is 2. The molecule has 0 saturated heterocycles. The molecule has 0 amide bonds. The number of fused-ring (bicyclic) bond motifs is 1. The van der Waals surface area contributed by atoms with Crippen LogP contribution in [-0.4, -0.2) is 4.57 Å². The Labute approximate surface area is 127 Å². The number of ether oxygens (including phenoxy) is 1. The molecule has 4 heteroatoms. The maximum absolute atomic E-state index is 13.4. The van der Waals surface area contributed by atoms with Gasteiger partial charge in [-0.3, -0.25) is 0 Å². The van der Waals surface area contributed by atoms with E-state index >= 15 is 0 Å². The van der Waals surface area contributed by atoms with E-state index in [-0.39, 0.29) is 5.82 Å². The minimum atomic E-state index is -0.224. The van der Waals surface area contributed by atoms with Crippen molar-refractivity contribution < 1.29 is 9.13 Å². The monoisotopic (exact) mass is 303 g/mol. The van der Waals surface area contributed by atoms with Crippen molar-refractivity contribution in [1.82, 2.24) is 4.57 Å². The highest BCUT2D eigenvalue weighted by Gasteiger charge is 2.09. The predicted molar refractivity (Wildman–Crippen MR) is 83.4 cm³/mol. The fraction of sp³-hybridized carbons (Fsp3) is 0.176. The molecule has 3 aromatic rings. The zero-order valence-corrected chi connectivity index (χ0v) is 12.4. The standard InChI is InChI=1S/C17H15ClFNO/c1-2-20-10-12(16-7-6-14(19)9-17(16)20)11-21-15-5-3-4-13(18)8-15/h3-10H,2,11H2,1H3. The molecular weight excluding hydrogens is 289 g/mol. The van der Waals surface area contributed by atoms with E-state index in [1.54, 1.807) is 24.3 Å². The summed E-state index contributed by atoms with van der Waals surface area (Å²) in [5, 5.41) is 1.66. The van der Waals surface area contributed by atoms with Gasteiger partial charge in [0.2, 0.25) is 0 Å². The lowest BCUT2D eigenvalue weighted by atomic mass is 10.2. The van der Waals surface area contributed by atoms with Gasteiger partial charge in [0.25, 0.3) is 0 Å². The van der Waals surface area contributed by atoms with E-state index in [2.05, 4.69) is 0 Å². The van der Waals surface area contributed by atoms with Crippen molar-refractivity contribution >= 4 is 22.5 Å². The first-order valence-electron chi connectivity index (χ1n) is 6.83. The lowest BCUT2D eigenvalue weighted by Crippen LogP contribution is -1.95. The van der Waals surface area contributed by atoms with Gasteiger partial charge in [0.05, 0.1) is 5.52 Å². The van der Waals surface area contributed by atoms with E-state index in [9.17, 15) is 4.39 Å². The normalized spacial score (nSPS) is 11.0. The summed E-state index contributed by atoms with van der Waals surface area (Å²) < 4.78 is 21.2. The fourth-order valence-electron chi connectivity index (χ4n) is 2.44. The van der Waals surface area contributed by atoms with Crippen molar-refractivity contribution in [1.29, 1.82) is 0 Å². The van der Waals surface area contributed by atoms with Crippen LogP contribution in [0.1, 0.15) is 12.5 Å². The van der Waals surface area contributed by atoms with Crippen LogP contribution in [0.4, 0.5) is 4.39 Å². The molecule has 1 aromatic heterocycles. The highest BCUT2D eigenvalue weighted by molar-refractivity contribution is 6.30. The second-order valence-corrected chi connectivity index (χ2v) is 5.28. The van der Waals surface area contributed by atoms with E-state index in [4.69, 9.17) is 16.3 Å². The number of benzene rings is 2. The molecule has 1 heterocycles. The molecule has 0 unspecified atom stereocenters. The van der Waals surface area contributed by atoms with Crippen molar-refractivity contribution in [3.8, 4) is 5.75 Å². The third-order valence-electron chi connectivity index (χ3n) is 3.46. The Kier molecular flexibility index (Phi) is 3.84. The summed E-state index contributed by atoms with van der Waals surface area (Å²) in [6.07, 6.45) is 2.01. The van der Waals surface area contributed by atoms with Gasteiger partial charge in [0, 0.05) is 28.7 Å². The minimum absolute atomic E-state index is 0.224. The maximum atomic E-state index is 13.4. The first-order valence-corrected chi connectivity index (χ1v) is 7.21. The quantitative estimate of drug-likeness (QED) is 0.659. The molecule has 0 atom stereocenters. The lowest BCUT2D eigenvalue weighted by Gasteiger charge is -2.05. The van der Waals surface area contributed by atoms with Gasteiger partial charge in [-0.1, -0.05) is 17.7 Å². The Hall–Kier alpha value is -2.00. The average Bonchev–Trinajstić information content (AvgIpc) is 2.82. The number of hydrogen-bond acceptors (Lipinski definition) is 1. The van der Waals surface area contributed by atoms with E-state index in [0.29, 0.717) is 11.6 Å².